The Balaban J connectivity index is 2.23. The lowest BCUT2D eigenvalue weighted by molar-refractivity contribution is -0.124. The van der Waals surface area contributed by atoms with Gasteiger partial charge in [0.25, 0.3) is 0 Å². The molecule has 0 bridgehead atoms. The first-order valence-electron chi connectivity index (χ1n) is 6.90. The predicted octanol–water partition coefficient (Wildman–Crippen LogP) is 3.44. The molecule has 1 aromatic rings. The van der Waals surface area contributed by atoms with E-state index in [4.69, 9.17) is 0 Å². The molecular weight excluding hydrogens is 278 g/mol. The van der Waals surface area contributed by atoms with Crippen molar-refractivity contribution in [3.63, 3.8) is 0 Å². The van der Waals surface area contributed by atoms with Gasteiger partial charge in [-0.15, -0.1) is 0 Å². The Labute approximate surface area is 121 Å². The van der Waals surface area contributed by atoms with Gasteiger partial charge in [0.05, 0.1) is 11.4 Å². The Morgan fingerprint density at radius 2 is 1.57 bits per heavy atom. The van der Waals surface area contributed by atoms with Crippen LogP contribution in [-0.2, 0) is 9.59 Å². The van der Waals surface area contributed by atoms with Gasteiger partial charge < -0.3 is 10.6 Å². The summed E-state index contributed by atoms with van der Waals surface area (Å²) in [6, 6.07) is 1.75. The van der Waals surface area contributed by atoms with Crippen LogP contribution in [0.3, 0.4) is 0 Å². The van der Waals surface area contributed by atoms with Gasteiger partial charge >= 0.3 is 0 Å². The Hall–Kier alpha value is -1.98. The van der Waals surface area contributed by atoms with E-state index in [1.807, 2.05) is 6.92 Å². The number of carbonyl (C=O) groups is 2. The number of hydrogen-bond donors (Lipinski definition) is 2. The zero-order valence-corrected chi connectivity index (χ0v) is 12.1. The summed E-state index contributed by atoms with van der Waals surface area (Å²) in [6.45, 7) is 3.06. The molecule has 0 atom stereocenters. The number of benzene rings is 1. The highest BCUT2D eigenvalue weighted by atomic mass is 19.1. The van der Waals surface area contributed by atoms with Gasteiger partial charge in [0, 0.05) is 18.4 Å². The lowest BCUT2D eigenvalue weighted by Crippen LogP contribution is -2.31. The average molecular weight is 296 g/mol. The SMILES string of the molecule is CC(=O)Nc1cc(NC(=O)C2(C)CCCC2)c(F)cc1F. The Morgan fingerprint density at radius 3 is 2.10 bits per heavy atom. The molecule has 0 heterocycles. The molecule has 0 aliphatic heterocycles. The maximum Gasteiger partial charge on any atom is 0.230 e. The minimum atomic E-state index is -0.882. The highest BCUT2D eigenvalue weighted by molar-refractivity contribution is 5.96. The van der Waals surface area contributed by atoms with E-state index in [-0.39, 0.29) is 17.3 Å². The van der Waals surface area contributed by atoms with Crippen molar-refractivity contribution >= 4 is 23.2 Å². The van der Waals surface area contributed by atoms with Crippen molar-refractivity contribution in [1.82, 2.24) is 0 Å². The van der Waals surface area contributed by atoms with Gasteiger partial charge in [-0.1, -0.05) is 19.8 Å². The van der Waals surface area contributed by atoms with E-state index in [9.17, 15) is 18.4 Å². The monoisotopic (exact) mass is 296 g/mol. The average Bonchev–Trinajstić information content (AvgIpc) is 2.83. The minimum Gasteiger partial charge on any atom is -0.324 e. The Morgan fingerprint density at radius 1 is 1.05 bits per heavy atom. The third-order valence-electron chi connectivity index (χ3n) is 3.87. The summed E-state index contributed by atoms with van der Waals surface area (Å²) in [7, 11) is 0. The van der Waals surface area contributed by atoms with Gasteiger partial charge in [-0.3, -0.25) is 9.59 Å². The van der Waals surface area contributed by atoms with Crippen LogP contribution in [-0.4, -0.2) is 11.8 Å². The van der Waals surface area contributed by atoms with Crippen molar-refractivity contribution < 1.29 is 18.4 Å². The van der Waals surface area contributed by atoms with Gasteiger partial charge in [0.15, 0.2) is 0 Å². The van der Waals surface area contributed by atoms with E-state index in [0.29, 0.717) is 6.07 Å². The molecule has 2 rings (SSSR count). The van der Waals surface area contributed by atoms with Crippen LogP contribution in [0.4, 0.5) is 20.2 Å². The second-order valence-electron chi connectivity index (χ2n) is 5.71. The van der Waals surface area contributed by atoms with E-state index in [1.165, 1.54) is 6.92 Å². The fourth-order valence-corrected chi connectivity index (χ4v) is 2.59. The number of rotatable bonds is 3. The van der Waals surface area contributed by atoms with Gasteiger partial charge in [0.1, 0.15) is 11.6 Å². The molecule has 0 aromatic heterocycles. The van der Waals surface area contributed by atoms with Crippen LogP contribution in [0.15, 0.2) is 12.1 Å². The molecule has 0 unspecified atom stereocenters. The third-order valence-corrected chi connectivity index (χ3v) is 3.87. The molecular formula is C15H18F2N2O2. The maximum atomic E-state index is 13.8. The molecule has 114 valence electrons. The number of halogens is 2. The molecule has 1 saturated carbocycles. The first-order valence-corrected chi connectivity index (χ1v) is 6.90. The number of carbonyl (C=O) groups excluding carboxylic acids is 2. The molecule has 0 spiro atoms. The van der Waals surface area contributed by atoms with Gasteiger partial charge in [0.2, 0.25) is 11.8 Å². The second kappa shape index (κ2) is 5.79. The van der Waals surface area contributed by atoms with Crippen molar-refractivity contribution in [3.8, 4) is 0 Å². The molecule has 4 nitrogen and oxygen atoms in total. The fourth-order valence-electron chi connectivity index (χ4n) is 2.59. The number of anilines is 2. The molecule has 21 heavy (non-hydrogen) atoms. The fraction of sp³-hybridized carbons (Fsp3) is 0.467. The van der Waals surface area contributed by atoms with Crippen LogP contribution in [0.5, 0.6) is 0 Å². The summed E-state index contributed by atoms with van der Waals surface area (Å²) in [5, 5.41) is 4.76. The lowest BCUT2D eigenvalue weighted by atomic mass is 9.88. The molecule has 2 N–H and O–H groups in total. The van der Waals surface area contributed by atoms with Crippen LogP contribution >= 0.6 is 0 Å². The van der Waals surface area contributed by atoms with Crippen molar-refractivity contribution in [2.75, 3.05) is 10.6 Å². The van der Waals surface area contributed by atoms with Crippen molar-refractivity contribution in [1.29, 1.82) is 0 Å². The third kappa shape index (κ3) is 3.37. The van der Waals surface area contributed by atoms with Crippen molar-refractivity contribution in [3.05, 3.63) is 23.8 Å². The van der Waals surface area contributed by atoms with E-state index >= 15 is 0 Å². The minimum absolute atomic E-state index is 0.127. The quantitative estimate of drug-likeness (QED) is 0.897. The standard InChI is InChI=1S/C15H18F2N2O2/c1-9(20)18-12-8-13(11(17)7-10(12)16)19-14(21)15(2)5-3-4-6-15/h7-8H,3-6H2,1-2H3,(H,18,20)(H,19,21). The number of hydrogen-bond acceptors (Lipinski definition) is 2. The zero-order valence-electron chi connectivity index (χ0n) is 12.1. The molecule has 1 aromatic carbocycles. The summed E-state index contributed by atoms with van der Waals surface area (Å²) in [5.41, 5.74) is -0.802. The van der Waals surface area contributed by atoms with E-state index in [1.54, 1.807) is 0 Å². The Kier molecular flexibility index (Phi) is 4.25. The summed E-state index contributed by atoms with van der Waals surface area (Å²) in [5.74, 6) is -2.50. The molecule has 1 fully saturated rings. The van der Waals surface area contributed by atoms with Gasteiger partial charge in [-0.2, -0.15) is 0 Å². The van der Waals surface area contributed by atoms with Crippen LogP contribution in [0.1, 0.15) is 39.5 Å². The smallest absolute Gasteiger partial charge is 0.230 e. The highest BCUT2D eigenvalue weighted by Crippen LogP contribution is 2.38. The predicted molar refractivity (Wildman–Crippen MR) is 75.9 cm³/mol. The van der Waals surface area contributed by atoms with Gasteiger partial charge in [-0.25, -0.2) is 8.78 Å². The topological polar surface area (TPSA) is 58.2 Å². The maximum absolute atomic E-state index is 13.8. The highest BCUT2D eigenvalue weighted by Gasteiger charge is 2.36. The molecule has 0 radical (unpaired) electrons. The summed E-state index contributed by atoms with van der Waals surface area (Å²) < 4.78 is 27.3. The molecule has 1 aliphatic rings. The summed E-state index contributed by atoms with van der Waals surface area (Å²) >= 11 is 0. The van der Waals surface area contributed by atoms with Gasteiger partial charge in [-0.05, 0) is 18.9 Å². The van der Waals surface area contributed by atoms with Crippen LogP contribution in [0.2, 0.25) is 0 Å². The number of amides is 2. The van der Waals surface area contributed by atoms with Crippen LogP contribution < -0.4 is 10.6 Å². The van der Waals surface area contributed by atoms with Crippen LogP contribution in [0.25, 0.3) is 0 Å². The lowest BCUT2D eigenvalue weighted by Gasteiger charge is -2.22. The molecule has 6 heteroatoms. The van der Waals surface area contributed by atoms with Crippen molar-refractivity contribution in [2.45, 2.75) is 39.5 Å². The molecule has 1 aliphatic carbocycles. The number of nitrogens with one attached hydrogen (secondary N) is 2. The van der Waals surface area contributed by atoms with Crippen LogP contribution in [0, 0.1) is 17.0 Å². The Bertz CT molecular complexity index is 581. The van der Waals surface area contributed by atoms with Crippen molar-refractivity contribution in [2.24, 2.45) is 5.41 Å². The second-order valence-corrected chi connectivity index (χ2v) is 5.71. The van der Waals surface area contributed by atoms with E-state index in [2.05, 4.69) is 10.6 Å². The molecule has 0 saturated heterocycles. The normalized spacial score (nSPS) is 16.6. The summed E-state index contributed by atoms with van der Waals surface area (Å²) in [6.07, 6.45) is 3.43. The largest absolute Gasteiger partial charge is 0.324 e. The summed E-state index contributed by atoms with van der Waals surface area (Å²) in [4.78, 5) is 23.2. The van der Waals surface area contributed by atoms with E-state index < -0.39 is 23.0 Å². The zero-order chi connectivity index (χ0) is 15.6. The van der Waals surface area contributed by atoms with E-state index in [0.717, 1.165) is 31.7 Å². The first kappa shape index (κ1) is 15.4. The molecule has 2 amide bonds. The first-order chi connectivity index (χ1) is 9.82.